The van der Waals surface area contributed by atoms with Crippen LogP contribution < -0.4 is 5.46 Å². The Morgan fingerprint density at radius 3 is 2.16 bits per heavy atom. The molecule has 6 heteroatoms. The Labute approximate surface area is 182 Å². The van der Waals surface area contributed by atoms with E-state index in [0.717, 1.165) is 33.2 Å². The van der Waals surface area contributed by atoms with Gasteiger partial charge in [-0.1, -0.05) is 48.5 Å². The highest BCUT2D eigenvalue weighted by Crippen LogP contribution is 2.36. The van der Waals surface area contributed by atoms with Crippen LogP contribution in [0.3, 0.4) is 0 Å². The second-order valence-electron chi connectivity index (χ2n) is 8.87. The number of para-hydroxylation sites is 1. The van der Waals surface area contributed by atoms with E-state index in [-0.39, 0.29) is 0 Å². The molecule has 0 unspecified atom stereocenters. The Morgan fingerprint density at radius 1 is 0.742 bits per heavy atom. The van der Waals surface area contributed by atoms with E-state index in [0.29, 0.717) is 5.82 Å². The summed E-state index contributed by atoms with van der Waals surface area (Å²) < 4.78 is 12.4. The highest BCUT2D eigenvalue weighted by Gasteiger charge is 2.51. The largest absolute Gasteiger partial charge is 0.496 e. The molecule has 0 aliphatic carbocycles. The quantitative estimate of drug-likeness (QED) is 0.461. The summed E-state index contributed by atoms with van der Waals surface area (Å²) in [6, 6.07) is 20.3. The van der Waals surface area contributed by atoms with Crippen LogP contribution in [0.2, 0.25) is 0 Å². The third-order valence-electron chi connectivity index (χ3n) is 6.19. The Kier molecular flexibility index (Phi) is 4.65. The first-order valence-electron chi connectivity index (χ1n) is 10.5. The topological polar surface area (TPSA) is 57.1 Å². The summed E-state index contributed by atoms with van der Waals surface area (Å²) in [5.74, 6) is 0.628. The Balaban J connectivity index is 1.60. The van der Waals surface area contributed by atoms with Gasteiger partial charge in [0.15, 0.2) is 5.82 Å². The molecule has 0 atom stereocenters. The number of nitrogens with zero attached hydrogens (tertiary/aromatic N) is 3. The van der Waals surface area contributed by atoms with Crippen molar-refractivity contribution in [2.75, 3.05) is 0 Å². The molecule has 4 aromatic rings. The molecule has 0 amide bonds. The van der Waals surface area contributed by atoms with Crippen molar-refractivity contribution in [2.24, 2.45) is 0 Å². The van der Waals surface area contributed by atoms with Crippen LogP contribution in [0, 0.1) is 0 Å². The highest BCUT2D eigenvalue weighted by atomic mass is 16.7. The second kappa shape index (κ2) is 7.25. The predicted molar refractivity (Wildman–Crippen MR) is 124 cm³/mol. The number of rotatable bonds is 3. The van der Waals surface area contributed by atoms with Crippen LogP contribution in [0.15, 0.2) is 73.1 Å². The minimum absolute atomic E-state index is 0.409. The summed E-state index contributed by atoms with van der Waals surface area (Å²) in [5, 5.41) is 1.02. The molecule has 1 fully saturated rings. The minimum Gasteiger partial charge on any atom is -0.399 e. The summed E-state index contributed by atoms with van der Waals surface area (Å²) >= 11 is 0. The zero-order valence-electron chi connectivity index (χ0n) is 18.2. The SMILES string of the molecule is CC1(C)OB(c2cncc(-c3nc(-c4ccccc4)c4ccccc4n3)c2)OC1(C)C. The van der Waals surface area contributed by atoms with Gasteiger partial charge in [-0.3, -0.25) is 4.98 Å². The average molecular weight is 409 g/mol. The maximum Gasteiger partial charge on any atom is 0.496 e. The van der Waals surface area contributed by atoms with Gasteiger partial charge in [0, 0.05) is 34.4 Å². The number of hydrogen-bond acceptors (Lipinski definition) is 5. The molecule has 0 saturated carbocycles. The zero-order chi connectivity index (χ0) is 21.6. The van der Waals surface area contributed by atoms with Crippen molar-refractivity contribution in [2.45, 2.75) is 38.9 Å². The third-order valence-corrected chi connectivity index (χ3v) is 6.19. The fourth-order valence-corrected chi connectivity index (χ4v) is 3.71. The summed E-state index contributed by atoms with van der Waals surface area (Å²) in [6.07, 6.45) is 3.57. The minimum atomic E-state index is -0.480. The smallest absolute Gasteiger partial charge is 0.399 e. The third kappa shape index (κ3) is 3.52. The van der Waals surface area contributed by atoms with Crippen molar-refractivity contribution < 1.29 is 9.31 Å². The van der Waals surface area contributed by atoms with Gasteiger partial charge in [-0.2, -0.15) is 0 Å². The lowest BCUT2D eigenvalue weighted by molar-refractivity contribution is 0.00578. The van der Waals surface area contributed by atoms with Gasteiger partial charge in [0.25, 0.3) is 0 Å². The maximum absolute atomic E-state index is 6.20. The highest BCUT2D eigenvalue weighted by molar-refractivity contribution is 6.62. The molecule has 0 radical (unpaired) electrons. The fraction of sp³-hybridized carbons (Fsp3) is 0.240. The van der Waals surface area contributed by atoms with Crippen LogP contribution in [-0.2, 0) is 9.31 Å². The molecule has 3 heterocycles. The molecule has 1 aliphatic rings. The number of pyridine rings is 1. The number of fused-ring (bicyclic) bond motifs is 1. The van der Waals surface area contributed by atoms with E-state index in [1.54, 1.807) is 12.4 Å². The van der Waals surface area contributed by atoms with Crippen LogP contribution in [0.1, 0.15) is 27.7 Å². The Hall–Kier alpha value is -3.09. The molecular formula is C25H24BN3O2. The molecule has 5 rings (SSSR count). The van der Waals surface area contributed by atoms with Crippen molar-refractivity contribution in [3.63, 3.8) is 0 Å². The zero-order valence-corrected chi connectivity index (χ0v) is 18.2. The van der Waals surface area contributed by atoms with Gasteiger partial charge in [0.1, 0.15) is 0 Å². The monoisotopic (exact) mass is 409 g/mol. The van der Waals surface area contributed by atoms with Gasteiger partial charge in [-0.05, 0) is 39.8 Å². The summed E-state index contributed by atoms with van der Waals surface area (Å²) in [5.41, 5.74) is 3.72. The Bertz CT molecular complexity index is 1240. The lowest BCUT2D eigenvalue weighted by atomic mass is 9.79. The van der Waals surface area contributed by atoms with Crippen molar-refractivity contribution >= 4 is 23.5 Å². The molecule has 2 aromatic carbocycles. The lowest BCUT2D eigenvalue weighted by Crippen LogP contribution is -2.41. The summed E-state index contributed by atoms with van der Waals surface area (Å²) in [6.45, 7) is 8.18. The van der Waals surface area contributed by atoms with E-state index in [4.69, 9.17) is 19.3 Å². The number of benzene rings is 2. The molecule has 31 heavy (non-hydrogen) atoms. The van der Waals surface area contributed by atoms with Gasteiger partial charge < -0.3 is 9.31 Å². The van der Waals surface area contributed by atoms with Crippen molar-refractivity contribution in [3.8, 4) is 22.6 Å². The molecule has 1 aliphatic heterocycles. The standard InChI is InChI=1S/C25H24BN3O2/c1-24(2)25(3,4)31-26(30-24)19-14-18(15-27-16-19)23-28-21-13-9-8-12-20(21)22(29-23)17-10-6-5-7-11-17/h5-16H,1-4H3. The van der Waals surface area contributed by atoms with Gasteiger partial charge >= 0.3 is 7.12 Å². The van der Waals surface area contributed by atoms with Crippen molar-refractivity contribution in [3.05, 3.63) is 73.1 Å². The average Bonchev–Trinajstić information content (AvgIpc) is 3.00. The number of aromatic nitrogens is 3. The van der Waals surface area contributed by atoms with E-state index in [9.17, 15) is 0 Å². The Morgan fingerprint density at radius 2 is 1.42 bits per heavy atom. The van der Waals surface area contributed by atoms with Crippen LogP contribution in [-0.4, -0.2) is 33.3 Å². The van der Waals surface area contributed by atoms with Crippen LogP contribution in [0.5, 0.6) is 0 Å². The molecule has 0 spiro atoms. The molecule has 2 aromatic heterocycles. The first-order chi connectivity index (χ1) is 14.8. The van der Waals surface area contributed by atoms with E-state index < -0.39 is 18.3 Å². The van der Waals surface area contributed by atoms with E-state index in [1.165, 1.54) is 0 Å². The summed E-state index contributed by atoms with van der Waals surface area (Å²) in [7, 11) is -0.480. The van der Waals surface area contributed by atoms with E-state index >= 15 is 0 Å². The van der Waals surface area contributed by atoms with Crippen molar-refractivity contribution in [1.29, 1.82) is 0 Å². The van der Waals surface area contributed by atoms with Gasteiger partial charge in [-0.15, -0.1) is 0 Å². The second-order valence-corrected chi connectivity index (χ2v) is 8.87. The van der Waals surface area contributed by atoms with E-state index in [1.807, 2.05) is 70.2 Å². The van der Waals surface area contributed by atoms with Gasteiger partial charge in [-0.25, -0.2) is 9.97 Å². The van der Waals surface area contributed by atoms with Gasteiger partial charge in [0.2, 0.25) is 0 Å². The number of hydrogen-bond donors (Lipinski definition) is 0. The molecule has 1 saturated heterocycles. The van der Waals surface area contributed by atoms with Crippen LogP contribution in [0.4, 0.5) is 0 Å². The molecule has 154 valence electrons. The molecule has 0 bridgehead atoms. The summed E-state index contributed by atoms with van der Waals surface area (Å²) in [4.78, 5) is 14.2. The fourth-order valence-electron chi connectivity index (χ4n) is 3.71. The first kappa shape index (κ1) is 19.9. The molecule has 5 nitrogen and oxygen atoms in total. The van der Waals surface area contributed by atoms with Crippen LogP contribution >= 0.6 is 0 Å². The molecule has 0 N–H and O–H groups in total. The maximum atomic E-state index is 6.20. The lowest BCUT2D eigenvalue weighted by Gasteiger charge is -2.32. The molecular weight excluding hydrogens is 385 g/mol. The predicted octanol–water partition coefficient (Wildman–Crippen LogP) is 4.66. The van der Waals surface area contributed by atoms with Crippen LogP contribution in [0.25, 0.3) is 33.5 Å². The van der Waals surface area contributed by atoms with Gasteiger partial charge in [0.05, 0.1) is 22.4 Å². The first-order valence-corrected chi connectivity index (χ1v) is 10.5. The normalized spacial score (nSPS) is 17.2. The van der Waals surface area contributed by atoms with Crippen molar-refractivity contribution in [1.82, 2.24) is 15.0 Å². The van der Waals surface area contributed by atoms with E-state index in [2.05, 4.69) is 23.2 Å².